The summed E-state index contributed by atoms with van der Waals surface area (Å²) >= 11 is 0. The molecule has 0 radical (unpaired) electrons. The number of amides is 1. The van der Waals surface area contributed by atoms with Crippen LogP contribution in [0.1, 0.15) is 46.2 Å². The summed E-state index contributed by atoms with van der Waals surface area (Å²) < 4.78 is 1.67. The second kappa shape index (κ2) is 6.74. The van der Waals surface area contributed by atoms with Crippen LogP contribution in [0.25, 0.3) is 17.0 Å². The molecule has 136 valence electrons. The van der Waals surface area contributed by atoms with Gasteiger partial charge < -0.3 is 10.1 Å². The standard InChI is InChI=1S/C19H23N5O2/c1-12(25)5-10-17(26)20-14-8-6-13(7-9-14)18-21-16-11-15(19(2,3)4)22-24(16)23-18/h6-9,11,22H,5,10H2,1-4H3,(H,20,26). The Labute approximate surface area is 151 Å². The number of nitrogens with one attached hydrogen (secondary N) is 2. The number of aromatic amines is 1. The first-order chi connectivity index (χ1) is 12.2. The number of aromatic nitrogens is 4. The van der Waals surface area contributed by atoms with Crippen molar-refractivity contribution in [2.24, 2.45) is 0 Å². The second-order valence-electron chi connectivity index (χ2n) is 7.45. The lowest BCUT2D eigenvalue weighted by Crippen LogP contribution is -2.12. The number of fused-ring (bicyclic) bond motifs is 1. The fourth-order valence-electron chi connectivity index (χ4n) is 2.50. The fraction of sp³-hybridized carbons (Fsp3) is 0.368. The molecule has 0 saturated carbocycles. The van der Waals surface area contributed by atoms with Crippen LogP contribution in [0, 0.1) is 0 Å². The number of benzene rings is 1. The molecule has 0 bridgehead atoms. The topological polar surface area (TPSA) is 92.1 Å². The van der Waals surface area contributed by atoms with E-state index in [1.807, 2.05) is 18.2 Å². The lowest BCUT2D eigenvalue weighted by Gasteiger charge is -2.14. The van der Waals surface area contributed by atoms with E-state index < -0.39 is 0 Å². The summed E-state index contributed by atoms with van der Waals surface area (Å²) in [4.78, 5) is 27.3. The number of anilines is 1. The average Bonchev–Trinajstić information content (AvgIpc) is 3.12. The maximum Gasteiger partial charge on any atom is 0.224 e. The van der Waals surface area contributed by atoms with E-state index in [9.17, 15) is 9.59 Å². The van der Waals surface area contributed by atoms with Crippen LogP contribution in [0.15, 0.2) is 30.3 Å². The minimum Gasteiger partial charge on any atom is -0.326 e. The number of nitrogens with zero attached hydrogens (tertiary/aromatic N) is 3. The Kier molecular flexibility index (Phi) is 4.63. The number of H-pyrrole nitrogens is 1. The third kappa shape index (κ3) is 3.99. The number of ketones is 1. The van der Waals surface area contributed by atoms with Crippen molar-refractivity contribution in [2.75, 3.05) is 5.32 Å². The zero-order valence-electron chi connectivity index (χ0n) is 15.5. The molecule has 3 rings (SSSR count). The van der Waals surface area contributed by atoms with Gasteiger partial charge in [-0.15, -0.1) is 5.10 Å². The molecule has 0 fully saturated rings. The lowest BCUT2D eigenvalue weighted by molar-refractivity contribution is -0.121. The zero-order chi connectivity index (χ0) is 18.9. The van der Waals surface area contributed by atoms with Crippen molar-refractivity contribution >= 4 is 23.0 Å². The van der Waals surface area contributed by atoms with Gasteiger partial charge in [0.2, 0.25) is 5.91 Å². The summed E-state index contributed by atoms with van der Waals surface area (Å²) in [5.41, 5.74) is 3.39. The highest BCUT2D eigenvalue weighted by Crippen LogP contribution is 2.24. The van der Waals surface area contributed by atoms with Crippen LogP contribution in [0.3, 0.4) is 0 Å². The number of carbonyl (C=O) groups is 2. The zero-order valence-corrected chi connectivity index (χ0v) is 15.5. The molecular formula is C19H23N5O2. The summed E-state index contributed by atoms with van der Waals surface area (Å²) in [6.07, 6.45) is 0.450. The Morgan fingerprint density at radius 1 is 1.15 bits per heavy atom. The van der Waals surface area contributed by atoms with E-state index in [0.717, 1.165) is 16.9 Å². The van der Waals surface area contributed by atoms with Crippen LogP contribution in [-0.2, 0) is 15.0 Å². The van der Waals surface area contributed by atoms with Gasteiger partial charge in [-0.3, -0.25) is 9.89 Å². The highest BCUT2D eigenvalue weighted by molar-refractivity contribution is 5.93. The molecule has 0 saturated heterocycles. The van der Waals surface area contributed by atoms with E-state index in [4.69, 9.17) is 0 Å². The second-order valence-corrected chi connectivity index (χ2v) is 7.45. The van der Waals surface area contributed by atoms with Gasteiger partial charge >= 0.3 is 0 Å². The van der Waals surface area contributed by atoms with Crippen molar-refractivity contribution in [1.29, 1.82) is 0 Å². The molecular weight excluding hydrogens is 330 g/mol. The largest absolute Gasteiger partial charge is 0.326 e. The smallest absolute Gasteiger partial charge is 0.224 e. The van der Waals surface area contributed by atoms with Gasteiger partial charge in [0, 0.05) is 41.3 Å². The predicted octanol–water partition coefficient (Wildman–Crippen LogP) is 3.33. The van der Waals surface area contributed by atoms with Crippen LogP contribution in [0.4, 0.5) is 5.69 Å². The number of carbonyl (C=O) groups excluding carboxylic acids is 2. The van der Waals surface area contributed by atoms with E-state index in [1.165, 1.54) is 6.92 Å². The molecule has 26 heavy (non-hydrogen) atoms. The molecule has 0 aliphatic carbocycles. The van der Waals surface area contributed by atoms with E-state index in [2.05, 4.69) is 41.3 Å². The van der Waals surface area contributed by atoms with E-state index in [1.54, 1.807) is 16.8 Å². The fourth-order valence-corrected chi connectivity index (χ4v) is 2.50. The van der Waals surface area contributed by atoms with Crippen molar-refractivity contribution in [3.05, 3.63) is 36.0 Å². The molecule has 0 unspecified atom stereocenters. The maximum atomic E-state index is 11.8. The van der Waals surface area contributed by atoms with Gasteiger partial charge in [0.15, 0.2) is 11.5 Å². The molecule has 2 aromatic heterocycles. The first-order valence-electron chi connectivity index (χ1n) is 8.58. The van der Waals surface area contributed by atoms with Gasteiger partial charge in [-0.2, -0.15) is 4.63 Å². The van der Waals surface area contributed by atoms with Crippen molar-refractivity contribution in [3.8, 4) is 11.4 Å². The van der Waals surface area contributed by atoms with Crippen molar-refractivity contribution in [3.63, 3.8) is 0 Å². The Balaban J connectivity index is 1.72. The number of hydrogen-bond donors (Lipinski definition) is 2. The number of rotatable bonds is 5. The normalized spacial score (nSPS) is 11.7. The molecule has 0 spiro atoms. The maximum absolute atomic E-state index is 11.8. The molecule has 7 nitrogen and oxygen atoms in total. The minimum atomic E-state index is -0.170. The minimum absolute atomic E-state index is 0.00475. The average molecular weight is 353 g/mol. The van der Waals surface area contributed by atoms with Gasteiger partial charge in [-0.05, 0) is 31.2 Å². The lowest BCUT2D eigenvalue weighted by atomic mass is 9.93. The molecule has 1 aromatic carbocycles. The van der Waals surface area contributed by atoms with Crippen LogP contribution >= 0.6 is 0 Å². The summed E-state index contributed by atoms with van der Waals surface area (Å²) in [6.45, 7) is 7.86. The first-order valence-corrected chi connectivity index (χ1v) is 8.58. The third-order valence-corrected chi connectivity index (χ3v) is 4.07. The van der Waals surface area contributed by atoms with Gasteiger partial charge in [-0.25, -0.2) is 4.98 Å². The van der Waals surface area contributed by atoms with Gasteiger partial charge in [-0.1, -0.05) is 20.8 Å². The van der Waals surface area contributed by atoms with Gasteiger partial charge in [0.25, 0.3) is 0 Å². The highest BCUT2D eigenvalue weighted by atomic mass is 16.2. The molecule has 3 aromatic rings. The van der Waals surface area contributed by atoms with Crippen LogP contribution in [-0.4, -0.2) is 31.5 Å². The Hall–Kier alpha value is -2.96. The van der Waals surface area contributed by atoms with Crippen molar-refractivity contribution in [1.82, 2.24) is 19.8 Å². The first kappa shape index (κ1) is 17.8. The molecule has 2 heterocycles. The third-order valence-electron chi connectivity index (χ3n) is 4.07. The van der Waals surface area contributed by atoms with Crippen molar-refractivity contribution < 1.29 is 9.59 Å². The molecule has 7 heteroatoms. The summed E-state index contributed by atoms with van der Waals surface area (Å²) in [5.74, 6) is 0.453. The number of Topliss-reactive ketones (excluding diaryl/α,β-unsaturated/α-hetero) is 1. The summed E-state index contributed by atoms with van der Waals surface area (Å²) in [7, 11) is 0. The van der Waals surface area contributed by atoms with E-state index in [-0.39, 0.29) is 29.9 Å². The van der Waals surface area contributed by atoms with E-state index in [0.29, 0.717) is 11.5 Å². The monoisotopic (exact) mass is 353 g/mol. The Bertz CT molecular complexity index is 913. The molecule has 0 atom stereocenters. The van der Waals surface area contributed by atoms with Gasteiger partial charge in [0.05, 0.1) is 0 Å². The van der Waals surface area contributed by atoms with Gasteiger partial charge in [0.1, 0.15) is 5.78 Å². The van der Waals surface area contributed by atoms with Crippen molar-refractivity contribution in [2.45, 2.75) is 46.0 Å². The number of hydrogen-bond acceptors (Lipinski definition) is 4. The summed E-state index contributed by atoms with van der Waals surface area (Å²) in [5, 5.41) is 10.5. The predicted molar refractivity (Wildman–Crippen MR) is 100 cm³/mol. The van der Waals surface area contributed by atoms with Crippen LogP contribution in [0.5, 0.6) is 0 Å². The van der Waals surface area contributed by atoms with Crippen LogP contribution in [0.2, 0.25) is 0 Å². The van der Waals surface area contributed by atoms with E-state index >= 15 is 0 Å². The molecule has 0 aliphatic heterocycles. The SMILES string of the molecule is CC(=O)CCC(=O)Nc1ccc(-c2nc3cc(C(C)(C)C)[nH]n3n2)cc1. The quantitative estimate of drug-likeness (QED) is 0.736. The Morgan fingerprint density at radius 2 is 1.85 bits per heavy atom. The molecule has 2 N–H and O–H groups in total. The molecule has 1 amide bonds. The highest BCUT2D eigenvalue weighted by Gasteiger charge is 2.18. The summed E-state index contributed by atoms with van der Waals surface area (Å²) in [6, 6.07) is 9.33. The Morgan fingerprint density at radius 3 is 2.42 bits per heavy atom. The molecule has 0 aliphatic rings. The van der Waals surface area contributed by atoms with Crippen LogP contribution < -0.4 is 5.32 Å².